The van der Waals surface area contributed by atoms with Gasteiger partial charge in [-0.1, -0.05) is 13.3 Å². The monoisotopic (exact) mass is 333 g/mol. The molecule has 128 valence electrons. The van der Waals surface area contributed by atoms with Gasteiger partial charge in [-0.15, -0.1) is 12.4 Å². The minimum absolute atomic E-state index is 0. The molecule has 0 spiro atoms. The lowest BCUT2D eigenvalue weighted by Gasteiger charge is -2.41. The van der Waals surface area contributed by atoms with E-state index in [4.69, 9.17) is 4.74 Å². The van der Waals surface area contributed by atoms with Crippen molar-refractivity contribution in [1.82, 2.24) is 15.1 Å². The Kier molecular flexibility index (Phi) is 8.75. The van der Waals surface area contributed by atoms with Gasteiger partial charge in [0.05, 0.1) is 6.54 Å². The zero-order valence-corrected chi connectivity index (χ0v) is 14.2. The van der Waals surface area contributed by atoms with Crippen LogP contribution in [0.5, 0.6) is 0 Å². The molecule has 2 amide bonds. The Morgan fingerprint density at radius 3 is 2.95 bits per heavy atom. The lowest BCUT2D eigenvalue weighted by Crippen LogP contribution is -2.57. The second-order valence-electron chi connectivity index (χ2n) is 5.81. The predicted octanol–water partition coefficient (Wildman–Crippen LogP) is 0.648. The van der Waals surface area contributed by atoms with E-state index in [0.717, 1.165) is 45.3 Å². The molecule has 22 heavy (non-hydrogen) atoms. The molecule has 0 aromatic rings. The highest BCUT2D eigenvalue weighted by molar-refractivity contribution is 5.85. The van der Waals surface area contributed by atoms with E-state index in [1.807, 2.05) is 9.80 Å². The first-order chi connectivity index (χ1) is 10.2. The first kappa shape index (κ1) is 19.2. The van der Waals surface area contributed by atoms with Crippen LogP contribution in [0.3, 0.4) is 0 Å². The molecular weight excluding hydrogens is 306 g/mol. The molecule has 2 heterocycles. The summed E-state index contributed by atoms with van der Waals surface area (Å²) >= 11 is 0. The Labute approximate surface area is 138 Å². The quantitative estimate of drug-likeness (QED) is 0.725. The molecule has 1 unspecified atom stereocenters. The average Bonchev–Trinajstić information content (AvgIpc) is 2.52. The number of rotatable bonds is 6. The summed E-state index contributed by atoms with van der Waals surface area (Å²) in [5.41, 5.74) is 0. The summed E-state index contributed by atoms with van der Waals surface area (Å²) in [6.07, 6.45) is 4.02. The van der Waals surface area contributed by atoms with Gasteiger partial charge in [-0.3, -0.25) is 9.59 Å². The van der Waals surface area contributed by atoms with Crippen LogP contribution in [-0.2, 0) is 14.3 Å². The number of ether oxygens (including phenoxy) is 1. The summed E-state index contributed by atoms with van der Waals surface area (Å²) in [6.45, 7) is 6.37. The maximum atomic E-state index is 12.2. The molecule has 0 aliphatic carbocycles. The Hall–Kier alpha value is -0.850. The number of piperazine rings is 1. The van der Waals surface area contributed by atoms with Crippen LogP contribution in [-0.4, -0.2) is 73.6 Å². The minimum Gasteiger partial charge on any atom is -0.372 e. The molecule has 2 fully saturated rings. The Bertz CT molecular complexity index is 368. The van der Waals surface area contributed by atoms with E-state index in [1.165, 1.54) is 0 Å². The van der Waals surface area contributed by atoms with Crippen molar-refractivity contribution in [3.05, 3.63) is 0 Å². The van der Waals surface area contributed by atoms with E-state index in [-0.39, 0.29) is 36.9 Å². The van der Waals surface area contributed by atoms with Gasteiger partial charge in [0.15, 0.2) is 0 Å². The fourth-order valence-corrected chi connectivity index (χ4v) is 2.94. The first-order valence-corrected chi connectivity index (χ1v) is 8.08. The van der Waals surface area contributed by atoms with E-state index in [2.05, 4.69) is 12.2 Å². The number of nitrogens with zero attached hydrogens (tertiary/aromatic N) is 2. The lowest BCUT2D eigenvalue weighted by molar-refractivity contribution is -0.143. The Balaban J connectivity index is 0.00000242. The maximum Gasteiger partial charge on any atom is 0.248 e. The summed E-state index contributed by atoms with van der Waals surface area (Å²) in [6, 6.07) is 0.174. The van der Waals surface area contributed by atoms with Crippen LogP contribution in [0.1, 0.15) is 32.6 Å². The van der Waals surface area contributed by atoms with Crippen molar-refractivity contribution in [2.45, 2.75) is 38.6 Å². The van der Waals surface area contributed by atoms with Gasteiger partial charge in [-0.25, -0.2) is 0 Å². The third-order valence-electron chi connectivity index (χ3n) is 4.18. The van der Waals surface area contributed by atoms with Crippen LogP contribution >= 0.6 is 12.4 Å². The Morgan fingerprint density at radius 1 is 1.41 bits per heavy atom. The van der Waals surface area contributed by atoms with Gasteiger partial charge in [-0.05, 0) is 19.3 Å². The zero-order chi connectivity index (χ0) is 15.1. The summed E-state index contributed by atoms with van der Waals surface area (Å²) < 4.78 is 5.41. The topological polar surface area (TPSA) is 61.9 Å². The first-order valence-electron chi connectivity index (χ1n) is 8.08. The highest BCUT2D eigenvalue weighted by Crippen LogP contribution is 2.17. The van der Waals surface area contributed by atoms with E-state index in [9.17, 15) is 9.59 Å². The molecule has 2 aliphatic heterocycles. The molecule has 2 saturated heterocycles. The van der Waals surface area contributed by atoms with Crippen LogP contribution < -0.4 is 5.32 Å². The minimum atomic E-state index is 0. The molecule has 0 bridgehead atoms. The molecular formula is C15H28ClN3O3. The van der Waals surface area contributed by atoms with Crippen LogP contribution in [0.15, 0.2) is 0 Å². The van der Waals surface area contributed by atoms with E-state index >= 15 is 0 Å². The van der Waals surface area contributed by atoms with Crippen LogP contribution in [0.2, 0.25) is 0 Å². The third-order valence-corrected chi connectivity index (χ3v) is 4.18. The van der Waals surface area contributed by atoms with Gasteiger partial charge in [0, 0.05) is 38.8 Å². The second-order valence-corrected chi connectivity index (χ2v) is 5.81. The van der Waals surface area contributed by atoms with E-state index in [0.29, 0.717) is 19.7 Å². The average molecular weight is 334 g/mol. The molecule has 0 aromatic heterocycles. The number of carbonyl (C=O) groups is 2. The van der Waals surface area contributed by atoms with E-state index < -0.39 is 0 Å². The van der Waals surface area contributed by atoms with Crippen molar-refractivity contribution in [3.63, 3.8) is 0 Å². The molecule has 2 rings (SSSR count). The van der Waals surface area contributed by atoms with Gasteiger partial charge in [0.25, 0.3) is 0 Å². The van der Waals surface area contributed by atoms with E-state index in [1.54, 1.807) is 0 Å². The fourth-order valence-electron chi connectivity index (χ4n) is 2.94. The number of nitrogens with one attached hydrogen (secondary N) is 1. The van der Waals surface area contributed by atoms with Gasteiger partial charge in [0.2, 0.25) is 11.8 Å². The normalized spacial score (nSPS) is 22.4. The predicted molar refractivity (Wildman–Crippen MR) is 87.2 cm³/mol. The van der Waals surface area contributed by atoms with Crippen molar-refractivity contribution in [2.24, 2.45) is 0 Å². The highest BCUT2D eigenvalue weighted by atomic mass is 35.5. The molecule has 0 saturated carbocycles. The number of carbonyl (C=O) groups excluding carboxylic acids is 2. The number of amides is 2. The molecule has 1 atom stereocenters. The standard InChI is InChI=1S/C15H27N3O3.ClH/c1-2-3-9-21-12-15(20)17-7-4-5-13(11-17)18-8-6-16-10-14(18)19;/h13,16H,2-12H2,1H3;1H. The SMILES string of the molecule is CCCCOCC(=O)N1CCCC(N2CCNCC2=O)C1.Cl. The number of hydrogen-bond donors (Lipinski definition) is 1. The summed E-state index contributed by atoms with van der Waals surface area (Å²) in [7, 11) is 0. The summed E-state index contributed by atoms with van der Waals surface area (Å²) in [5.74, 6) is 0.207. The molecule has 0 radical (unpaired) electrons. The second kappa shape index (κ2) is 10.0. The zero-order valence-electron chi connectivity index (χ0n) is 13.4. The molecule has 2 aliphatic rings. The van der Waals surface area contributed by atoms with Crippen molar-refractivity contribution < 1.29 is 14.3 Å². The molecule has 6 nitrogen and oxygen atoms in total. The fraction of sp³-hybridized carbons (Fsp3) is 0.867. The molecule has 0 aromatic carbocycles. The van der Waals surface area contributed by atoms with Gasteiger partial charge in [0.1, 0.15) is 6.61 Å². The van der Waals surface area contributed by atoms with Gasteiger partial charge >= 0.3 is 0 Å². The van der Waals surface area contributed by atoms with Crippen LogP contribution in [0, 0.1) is 0 Å². The summed E-state index contributed by atoms with van der Waals surface area (Å²) in [4.78, 5) is 27.9. The van der Waals surface area contributed by atoms with Crippen molar-refractivity contribution in [2.75, 3.05) is 45.9 Å². The van der Waals surface area contributed by atoms with Crippen molar-refractivity contribution in [1.29, 1.82) is 0 Å². The smallest absolute Gasteiger partial charge is 0.248 e. The Morgan fingerprint density at radius 2 is 2.23 bits per heavy atom. The lowest BCUT2D eigenvalue weighted by atomic mass is 10.0. The van der Waals surface area contributed by atoms with Crippen molar-refractivity contribution in [3.8, 4) is 0 Å². The van der Waals surface area contributed by atoms with Crippen LogP contribution in [0.4, 0.5) is 0 Å². The molecule has 7 heteroatoms. The number of likely N-dealkylation sites (tertiary alicyclic amines) is 1. The third kappa shape index (κ3) is 5.41. The van der Waals surface area contributed by atoms with Gasteiger partial charge < -0.3 is 19.9 Å². The maximum absolute atomic E-state index is 12.2. The summed E-state index contributed by atoms with van der Waals surface area (Å²) in [5, 5.41) is 3.09. The number of halogens is 1. The number of piperidine rings is 1. The molecule has 1 N–H and O–H groups in total. The van der Waals surface area contributed by atoms with Crippen LogP contribution in [0.25, 0.3) is 0 Å². The largest absolute Gasteiger partial charge is 0.372 e. The van der Waals surface area contributed by atoms with Crippen molar-refractivity contribution >= 4 is 24.2 Å². The number of unbranched alkanes of at least 4 members (excludes halogenated alkanes) is 1. The van der Waals surface area contributed by atoms with Gasteiger partial charge in [-0.2, -0.15) is 0 Å². The highest BCUT2D eigenvalue weighted by Gasteiger charge is 2.31. The number of hydrogen-bond acceptors (Lipinski definition) is 4.